The zero-order valence-electron chi connectivity index (χ0n) is 11.2. The molecule has 18 heavy (non-hydrogen) atoms. The first kappa shape index (κ1) is 13.3. The summed E-state index contributed by atoms with van der Waals surface area (Å²) in [6, 6.07) is 0.229. The van der Waals surface area contributed by atoms with E-state index in [1.54, 1.807) is 7.11 Å². The van der Waals surface area contributed by atoms with Gasteiger partial charge in [0.25, 0.3) is 5.95 Å². The van der Waals surface area contributed by atoms with Gasteiger partial charge >= 0.3 is 0 Å². The molecular formula is C12H22N4O2. The van der Waals surface area contributed by atoms with Crippen LogP contribution in [0.15, 0.2) is 4.52 Å². The summed E-state index contributed by atoms with van der Waals surface area (Å²) >= 11 is 0. The number of hydrogen-bond acceptors (Lipinski definition) is 6. The Kier molecular flexibility index (Phi) is 4.95. The highest BCUT2D eigenvalue weighted by Crippen LogP contribution is 2.16. The SMILES string of the molecule is CCNC(COC)Cc1nc(N2CCCC2)no1. The van der Waals surface area contributed by atoms with Gasteiger partial charge in [0.1, 0.15) is 0 Å². The smallest absolute Gasteiger partial charge is 0.266 e. The van der Waals surface area contributed by atoms with Crippen LogP contribution in [0, 0.1) is 0 Å². The summed E-state index contributed by atoms with van der Waals surface area (Å²) in [4.78, 5) is 6.62. The molecule has 0 saturated carbocycles. The average molecular weight is 254 g/mol. The number of methoxy groups -OCH3 is 1. The molecule has 0 spiro atoms. The van der Waals surface area contributed by atoms with Crippen molar-refractivity contribution >= 4 is 5.95 Å². The number of nitrogens with one attached hydrogen (secondary N) is 1. The van der Waals surface area contributed by atoms with Crippen LogP contribution >= 0.6 is 0 Å². The number of aromatic nitrogens is 2. The van der Waals surface area contributed by atoms with E-state index in [4.69, 9.17) is 9.26 Å². The van der Waals surface area contributed by atoms with Crippen LogP contribution < -0.4 is 10.2 Å². The fourth-order valence-electron chi connectivity index (χ4n) is 2.27. The quantitative estimate of drug-likeness (QED) is 0.778. The number of anilines is 1. The third-order valence-electron chi connectivity index (χ3n) is 3.13. The lowest BCUT2D eigenvalue weighted by atomic mass is 10.2. The monoisotopic (exact) mass is 254 g/mol. The Labute approximate surface area is 108 Å². The highest BCUT2D eigenvalue weighted by Gasteiger charge is 2.19. The Hall–Kier alpha value is -1.14. The van der Waals surface area contributed by atoms with E-state index in [-0.39, 0.29) is 6.04 Å². The topological polar surface area (TPSA) is 63.4 Å². The van der Waals surface area contributed by atoms with Crippen molar-refractivity contribution in [2.45, 2.75) is 32.2 Å². The standard InChI is InChI=1S/C12H22N4O2/c1-3-13-10(9-17-2)8-11-14-12(15-18-11)16-6-4-5-7-16/h10,13H,3-9H2,1-2H3. The van der Waals surface area contributed by atoms with E-state index in [0.29, 0.717) is 18.9 Å². The Morgan fingerprint density at radius 1 is 1.44 bits per heavy atom. The van der Waals surface area contributed by atoms with E-state index in [9.17, 15) is 0 Å². The first-order chi connectivity index (χ1) is 8.83. The summed E-state index contributed by atoms with van der Waals surface area (Å²) in [5.74, 6) is 1.41. The molecule has 1 aromatic rings. The van der Waals surface area contributed by atoms with Crippen molar-refractivity contribution in [1.82, 2.24) is 15.5 Å². The number of hydrogen-bond donors (Lipinski definition) is 1. The van der Waals surface area contributed by atoms with Gasteiger partial charge < -0.3 is 19.5 Å². The molecule has 0 bridgehead atoms. The fraction of sp³-hybridized carbons (Fsp3) is 0.833. The van der Waals surface area contributed by atoms with Crippen LogP contribution in [0.5, 0.6) is 0 Å². The average Bonchev–Trinajstić information content (AvgIpc) is 2.98. The molecule has 1 unspecified atom stereocenters. The molecule has 0 amide bonds. The summed E-state index contributed by atoms with van der Waals surface area (Å²) in [6.45, 7) is 5.70. The molecule has 0 aromatic carbocycles. The van der Waals surface area contributed by atoms with Gasteiger partial charge in [-0.25, -0.2) is 0 Å². The van der Waals surface area contributed by atoms with Crippen LogP contribution in [0.25, 0.3) is 0 Å². The second kappa shape index (κ2) is 6.70. The van der Waals surface area contributed by atoms with Gasteiger partial charge in [-0.15, -0.1) is 0 Å². The van der Waals surface area contributed by atoms with E-state index < -0.39 is 0 Å². The number of likely N-dealkylation sites (N-methyl/N-ethyl adjacent to an activating group) is 1. The molecule has 1 aromatic heterocycles. The van der Waals surface area contributed by atoms with Gasteiger partial charge in [0.2, 0.25) is 5.89 Å². The maximum Gasteiger partial charge on any atom is 0.266 e. The zero-order valence-corrected chi connectivity index (χ0v) is 11.2. The summed E-state index contributed by atoms with van der Waals surface area (Å²) in [6.07, 6.45) is 3.14. The van der Waals surface area contributed by atoms with Crippen LogP contribution in [0.2, 0.25) is 0 Å². The first-order valence-electron chi connectivity index (χ1n) is 6.63. The van der Waals surface area contributed by atoms with E-state index in [1.807, 2.05) is 0 Å². The van der Waals surface area contributed by atoms with Crippen LogP contribution in [0.4, 0.5) is 5.95 Å². The van der Waals surface area contributed by atoms with Gasteiger partial charge in [0.05, 0.1) is 6.61 Å². The molecule has 0 aliphatic carbocycles. The van der Waals surface area contributed by atoms with Crippen LogP contribution in [-0.4, -0.2) is 49.5 Å². The van der Waals surface area contributed by atoms with Crippen LogP contribution in [0.1, 0.15) is 25.7 Å². The molecule has 1 N–H and O–H groups in total. The highest BCUT2D eigenvalue weighted by molar-refractivity contribution is 5.28. The molecule has 6 nitrogen and oxygen atoms in total. The largest absolute Gasteiger partial charge is 0.383 e. The lowest BCUT2D eigenvalue weighted by molar-refractivity contribution is 0.162. The number of rotatable bonds is 7. The maximum atomic E-state index is 5.30. The van der Waals surface area contributed by atoms with Crippen LogP contribution in [0.3, 0.4) is 0 Å². The molecule has 6 heteroatoms. The highest BCUT2D eigenvalue weighted by atomic mass is 16.5. The van der Waals surface area contributed by atoms with Gasteiger partial charge in [-0.05, 0) is 24.5 Å². The molecule has 1 fully saturated rings. The molecule has 1 saturated heterocycles. The molecular weight excluding hydrogens is 232 g/mol. The molecule has 0 radical (unpaired) electrons. The van der Waals surface area contributed by atoms with Crippen molar-refractivity contribution in [2.24, 2.45) is 0 Å². The predicted molar refractivity (Wildman–Crippen MR) is 68.8 cm³/mol. The van der Waals surface area contributed by atoms with Crippen molar-refractivity contribution < 1.29 is 9.26 Å². The molecule has 1 atom stereocenters. The van der Waals surface area contributed by atoms with Crippen molar-refractivity contribution in [1.29, 1.82) is 0 Å². The fourth-order valence-corrected chi connectivity index (χ4v) is 2.27. The van der Waals surface area contributed by atoms with Crippen LogP contribution in [-0.2, 0) is 11.2 Å². The Balaban J connectivity index is 1.91. The lowest BCUT2D eigenvalue weighted by Crippen LogP contribution is -2.35. The lowest BCUT2D eigenvalue weighted by Gasteiger charge is -2.14. The summed E-state index contributed by atoms with van der Waals surface area (Å²) in [5.41, 5.74) is 0. The Morgan fingerprint density at radius 2 is 2.22 bits per heavy atom. The Bertz CT molecular complexity index is 344. The Morgan fingerprint density at radius 3 is 2.89 bits per heavy atom. The van der Waals surface area contributed by atoms with E-state index in [0.717, 1.165) is 25.6 Å². The van der Waals surface area contributed by atoms with Crippen molar-refractivity contribution in [3.8, 4) is 0 Å². The zero-order chi connectivity index (χ0) is 12.8. The molecule has 2 heterocycles. The second-order valence-corrected chi connectivity index (χ2v) is 4.60. The first-order valence-corrected chi connectivity index (χ1v) is 6.63. The molecule has 2 rings (SSSR count). The van der Waals surface area contributed by atoms with Crippen molar-refractivity contribution in [3.05, 3.63) is 5.89 Å². The van der Waals surface area contributed by atoms with E-state index >= 15 is 0 Å². The minimum Gasteiger partial charge on any atom is -0.383 e. The van der Waals surface area contributed by atoms with E-state index in [2.05, 4.69) is 27.3 Å². The third-order valence-corrected chi connectivity index (χ3v) is 3.13. The maximum absolute atomic E-state index is 5.30. The molecule has 1 aliphatic heterocycles. The minimum absolute atomic E-state index is 0.229. The normalized spacial score (nSPS) is 17.3. The van der Waals surface area contributed by atoms with E-state index in [1.165, 1.54) is 12.8 Å². The van der Waals surface area contributed by atoms with Gasteiger partial charge in [-0.1, -0.05) is 6.92 Å². The minimum atomic E-state index is 0.229. The summed E-state index contributed by atoms with van der Waals surface area (Å²) < 4.78 is 10.5. The summed E-state index contributed by atoms with van der Waals surface area (Å²) in [7, 11) is 1.70. The van der Waals surface area contributed by atoms with Crippen molar-refractivity contribution in [3.63, 3.8) is 0 Å². The predicted octanol–water partition coefficient (Wildman–Crippen LogP) is 0.837. The van der Waals surface area contributed by atoms with Gasteiger partial charge in [-0.3, -0.25) is 0 Å². The molecule has 1 aliphatic rings. The molecule has 102 valence electrons. The third kappa shape index (κ3) is 3.43. The summed E-state index contributed by atoms with van der Waals surface area (Å²) in [5, 5.41) is 7.39. The van der Waals surface area contributed by atoms with Gasteiger partial charge in [0.15, 0.2) is 0 Å². The number of ether oxygens (including phenoxy) is 1. The van der Waals surface area contributed by atoms with Gasteiger partial charge in [0, 0.05) is 32.7 Å². The van der Waals surface area contributed by atoms with Crippen molar-refractivity contribution in [2.75, 3.05) is 38.3 Å². The number of nitrogens with zero attached hydrogens (tertiary/aromatic N) is 3. The van der Waals surface area contributed by atoms with Gasteiger partial charge in [-0.2, -0.15) is 4.98 Å². The second-order valence-electron chi connectivity index (χ2n) is 4.60.